The molecule has 0 aromatic heterocycles. The summed E-state index contributed by atoms with van der Waals surface area (Å²) < 4.78 is 0. The van der Waals surface area contributed by atoms with Gasteiger partial charge in [-0.15, -0.1) is 0 Å². The quantitative estimate of drug-likeness (QED) is 0.465. The molecule has 0 atom stereocenters. The van der Waals surface area contributed by atoms with Gasteiger partial charge in [-0.3, -0.25) is 0 Å². The van der Waals surface area contributed by atoms with Gasteiger partial charge < -0.3 is 5.32 Å². The van der Waals surface area contributed by atoms with Crippen molar-refractivity contribution < 1.29 is 0 Å². The van der Waals surface area contributed by atoms with E-state index in [1.165, 1.54) is 6.42 Å². The SMILES string of the molecule is N#C/C=C1\CCCN1. The molecule has 0 aromatic carbocycles. The third-order valence-corrected chi connectivity index (χ3v) is 1.21. The molecule has 8 heavy (non-hydrogen) atoms. The molecule has 1 rings (SSSR count). The number of nitriles is 1. The Hall–Kier alpha value is -0.970. The highest BCUT2D eigenvalue weighted by atomic mass is 14.9. The molecule has 1 fully saturated rings. The molecular weight excluding hydrogens is 100 g/mol. The fraction of sp³-hybridized carbons (Fsp3) is 0.500. The Morgan fingerprint density at radius 2 is 2.62 bits per heavy atom. The van der Waals surface area contributed by atoms with E-state index in [4.69, 9.17) is 5.26 Å². The summed E-state index contributed by atoms with van der Waals surface area (Å²) in [5, 5.41) is 11.3. The molecule has 0 aromatic rings. The van der Waals surface area contributed by atoms with Crippen LogP contribution in [0, 0.1) is 11.3 Å². The topological polar surface area (TPSA) is 35.8 Å². The number of nitrogens with zero attached hydrogens (tertiary/aromatic N) is 1. The van der Waals surface area contributed by atoms with Gasteiger partial charge in [0.05, 0.1) is 6.07 Å². The number of allylic oxidation sites excluding steroid dienone is 2. The lowest BCUT2D eigenvalue weighted by molar-refractivity contribution is 0.903. The Kier molecular flexibility index (Phi) is 1.53. The van der Waals surface area contributed by atoms with E-state index in [2.05, 4.69) is 5.32 Å². The van der Waals surface area contributed by atoms with Crippen LogP contribution in [0.1, 0.15) is 12.8 Å². The van der Waals surface area contributed by atoms with Gasteiger partial charge in [-0.25, -0.2) is 0 Å². The summed E-state index contributed by atoms with van der Waals surface area (Å²) in [6.07, 6.45) is 3.80. The fourth-order valence-electron chi connectivity index (χ4n) is 0.817. The van der Waals surface area contributed by atoms with E-state index in [1.807, 2.05) is 6.07 Å². The van der Waals surface area contributed by atoms with E-state index in [1.54, 1.807) is 6.08 Å². The van der Waals surface area contributed by atoms with Crippen LogP contribution in [0.25, 0.3) is 0 Å². The van der Waals surface area contributed by atoms with E-state index < -0.39 is 0 Å². The molecule has 2 heteroatoms. The number of nitrogens with one attached hydrogen (secondary N) is 1. The van der Waals surface area contributed by atoms with Crippen LogP contribution in [-0.4, -0.2) is 6.54 Å². The molecule has 0 radical (unpaired) electrons. The van der Waals surface area contributed by atoms with Crippen molar-refractivity contribution in [3.05, 3.63) is 11.8 Å². The van der Waals surface area contributed by atoms with Gasteiger partial charge in [-0.1, -0.05) is 0 Å². The minimum atomic E-state index is 1.04. The zero-order valence-corrected chi connectivity index (χ0v) is 4.65. The summed E-state index contributed by atoms with van der Waals surface area (Å²) in [4.78, 5) is 0. The summed E-state index contributed by atoms with van der Waals surface area (Å²) in [5.74, 6) is 0. The molecule has 0 saturated carbocycles. The maximum Gasteiger partial charge on any atom is 0.0930 e. The number of hydrogen-bond acceptors (Lipinski definition) is 2. The second-order valence-electron chi connectivity index (χ2n) is 1.83. The molecule has 0 spiro atoms. The van der Waals surface area contributed by atoms with E-state index in [0.717, 1.165) is 18.7 Å². The van der Waals surface area contributed by atoms with Gasteiger partial charge >= 0.3 is 0 Å². The molecule has 1 heterocycles. The highest BCUT2D eigenvalue weighted by molar-refractivity contribution is 5.13. The number of rotatable bonds is 0. The summed E-state index contributed by atoms with van der Waals surface area (Å²) in [7, 11) is 0. The highest BCUT2D eigenvalue weighted by Crippen LogP contribution is 2.06. The van der Waals surface area contributed by atoms with E-state index in [9.17, 15) is 0 Å². The zero-order chi connectivity index (χ0) is 5.82. The van der Waals surface area contributed by atoms with Crippen LogP contribution >= 0.6 is 0 Å². The van der Waals surface area contributed by atoms with Gasteiger partial charge in [0.15, 0.2) is 0 Å². The molecular formula is C6H8N2. The van der Waals surface area contributed by atoms with Crippen LogP contribution in [0.5, 0.6) is 0 Å². The lowest BCUT2D eigenvalue weighted by atomic mass is 10.3. The third kappa shape index (κ3) is 1.00. The Morgan fingerprint density at radius 3 is 3.12 bits per heavy atom. The minimum Gasteiger partial charge on any atom is -0.388 e. The van der Waals surface area contributed by atoms with Crippen molar-refractivity contribution in [2.24, 2.45) is 0 Å². The van der Waals surface area contributed by atoms with Crippen molar-refractivity contribution >= 4 is 0 Å². The van der Waals surface area contributed by atoms with E-state index in [-0.39, 0.29) is 0 Å². The maximum absolute atomic E-state index is 8.16. The smallest absolute Gasteiger partial charge is 0.0930 e. The molecule has 0 unspecified atom stereocenters. The molecule has 1 aliphatic heterocycles. The van der Waals surface area contributed by atoms with Crippen molar-refractivity contribution in [1.82, 2.24) is 5.32 Å². The molecule has 2 nitrogen and oxygen atoms in total. The predicted molar refractivity (Wildman–Crippen MR) is 30.9 cm³/mol. The predicted octanol–water partition coefficient (Wildman–Crippen LogP) is 0.777. The van der Waals surface area contributed by atoms with Crippen LogP contribution in [0.4, 0.5) is 0 Å². The van der Waals surface area contributed by atoms with Crippen molar-refractivity contribution in [3.8, 4) is 6.07 Å². The van der Waals surface area contributed by atoms with Crippen molar-refractivity contribution in [2.75, 3.05) is 6.54 Å². The highest BCUT2D eigenvalue weighted by Gasteiger charge is 2.02. The summed E-state index contributed by atoms with van der Waals surface area (Å²) >= 11 is 0. The van der Waals surface area contributed by atoms with Gasteiger partial charge in [-0.05, 0) is 12.8 Å². The van der Waals surface area contributed by atoms with Crippen LogP contribution in [0.15, 0.2) is 11.8 Å². The first-order valence-corrected chi connectivity index (χ1v) is 2.76. The zero-order valence-electron chi connectivity index (χ0n) is 4.65. The third-order valence-electron chi connectivity index (χ3n) is 1.21. The maximum atomic E-state index is 8.16. The molecule has 1 aliphatic rings. The lowest BCUT2D eigenvalue weighted by Gasteiger charge is -1.89. The van der Waals surface area contributed by atoms with Gasteiger partial charge in [0, 0.05) is 18.3 Å². The summed E-state index contributed by atoms with van der Waals surface area (Å²) in [6, 6.07) is 1.99. The largest absolute Gasteiger partial charge is 0.388 e. The first-order chi connectivity index (χ1) is 3.93. The van der Waals surface area contributed by atoms with Crippen molar-refractivity contribution in [3.63, 3.8) is 0 Å². The monoisotopic (exact) mass is 108 g/mol. The Labute approximate surface area is 48.8 Å². The van der Waals surface area contributed by atoms with Crippen LogP contribution in [0.2, 0.25) is 0 Å². The minimum absolute atomic E-state index is 1.04. The van der Waals surface area contributed by atoms with Crippen molar-refractivity contribution in [1.29, 1.82) is 5.26 Å². The Balaban J connectivity index is 2.48. The average molecular weight is 108 g/mol. The van der Waals surface area contributed by atoms with Crippen LogP contribution < -0.4 is 5.32 Å². The fourth-order valence-corrected chi connectivity index (χ4v) is 0.817. The van der Waals surface area contributed by atoms with Gasteiger partial charge in [-0.2, -0.15) is 5.26 Å². The molecule has 42 valence electrons. The van der Waals surface area contributed by atoms with E-state index in [0.29, 0.717) is 0 Å². The second-order valence-corrected chi connectivity index (χ2v) is 1.83. The Bertz CT molecular complexity index is 133. The van der Waals surface area contributed by atoms with Gasteiger partial charge in [0.25, 0.3) is 0 Å². The number of hydrogen-bond donors (Lipinski definition) is 1. The molecule has 0 bridgehead atoms. The molecule has 1 saturated heterocycles. The van der Waals surface area contributed by atoms with Crippen LogP contribution in [-0.2, 0) is 0 Å². The summed E-state index contributed by atoms with van der Waals surface area (Å²) in [6.45, 7) is 1.04. The first-order valence-electron chi connectivity index (χ1n) is 2.76. The van der Waals surface area contributed by atoms with Gasteiger partial charge in [0.1, 0.15) is 0 Å². The Morgan fingerprint density at radius 1 is 1.75 bits per heavy atom. The second kappa shape index (κ2) is 2.37. The lowest BCUT2D eigenvalue weighted by Crippen LogP contribution is -2.02. The van der Waals surface area contributed by atoms with Crippen LogP contribution in [0.3, 0.4) is 0 Å². The summed E-state index contributed by atoms with van der Waals surface area (Å²) in [5.41, 5.74) is 1.09. The van der Waals surface area contributed by atoms with Crippen molar-refractivity contribution in [2.45, 2.75) is 12.8 Å². The molecule has 1 N–H and O–H groups in total. The van der Waals surface area contributed by atoms with E-state index >= 15 is 0 Å². The normalized spacial score (nSPS) is 22.6. The standard InChI is InChI=1S/C6H8N2/c7-4-3-6-2-1-5-8-6/h3,8H,1-2,5H2/b6-3+. The van der Waals surface area contributed by atoms with Gasteiger partial charge in [0.2, 0.25) is 0 Å². The average Bonchev–Trinajstić information content (AvgIpc) is 2.19. The first kappa shape index (κ1) is 5.17. The molecule has 0 aliphatic carbocycles. The molecule has 0 amide bonds.